The number of alkyl halides is 3. The number of fused-ring (bicyclic) bond motifs is 2. The molecule has 2 saturated heterocycles. The normalized spacial score (nSPS) is 14.9. The Kier molecular flexibility index (Phi) is 19.9. The van der Waals surface area contributed by atoms with Crippen LogP contribution in [-0.4, -0.2) is 155 Å². The molecule has 0 spiro atoms. The van der Waals surface area contributed by atoms with Gasteiger partial charge in [0.25, 0.3) is 0 Å². The lowest BCUT2D eigenvalue weighted by atomic mass is 9.96. The Bertz CT molecular complexity index is 3330. The van der Waals surface area contributed by atoms with E-state index in [0.29, 0.717) is 58.4 Å². The zero-order chi connectivity index (χ0) is 56.9. The number of ether oxygens (including phenoxy) is 1. The number of alkyl carbamates (subject to hydrolysis) is 1. The zero-order valence-corrected chi connectivity index (χ0v) is 47.5. The van der Waals surface area contributed by atoms with Crippen LogP contribution in [0.3, 0.4) is 0 Å². The molecule has 0 atom stereocenters. The van der Waals surface area contributed by atoms with Crippen molar-refractivity contribution in [2.45, 2.75) is 101 Å². The highest BCUT2D eigenvalue weighted by molar-refractivity contribution is 7.99. The van der Waals surface area contributed by atoms with E-state index in [1.807, 2.05) is 51.1 Å². The number of nitrogens with zero attached hydrogens (tertiary/aromatic N) is 8. The first-order valence-corrected chi connectivity index (χ1v) is 29.9. The van der Waals surface area contributed by atoms with Crippen LogP contribution in [-0.2, 0) is 32.5 Å². The average Bonchev–Trinajstić information content (AvgIpc) is 4.07. The molecular formula is C57H70F3N13O5S2. The fraction of sp³-hybridized carbons (Fsp3) is 0.474. The van der Waals surface area contributed by atoms with Gasteiger partial charge < -0.3 is 45.7 Å². The van der Waals surface area contributed by atoms with Crippen molar-refractivity contribution in [3.8, 4) is 23.7 Å². The van der Waals surface area contributed by atoms with E-state index in [1.54, 1.807) is 46.8 Å². The second-order valence-corrected chi connectivity index (χ2v) is 24.1. The van der Waals surface area contributed by atoms with Gasteiger partial charge >= 0.3 is 12.3 Å². The van der Waals surface area contributed by atoms with Crippen molar-refractivity contribution in [3.63, 3.8) is 0 Å². The second-order valence-electron chi connectivity index (χ2n) is 21.0. The van der Waals surface area contributed by atoms with Crippen molar-refractivity contribution >= 4 is 72.9 Å². The van der Waals surface area contributed by atoms with Gasteiger partial charge in [-0.25, -0.2) is 27.9 Å². The SMILES string of the molecule is CCCSc1nc(NCCNC(=O)OC(C)(C)C)c2nnn(Cc3ccc(C#CCNC(=O)C4CCN(CCN5CCC(Nc6cccc7c6cc(C#CCNc6ccc(S(C)(=O)=O)cc6)n7CC(F)(F)F)CC5)CC4)cc3)c2n1. The monoisotopic (exact) mass is 1140 g/mol. The van der Waals surface area contributed by atoms with E-state index in [0.717, 1.165) is 100 Å². The van der Waals surface area contributed by atoms with Crippen LogP contribution in [0.15, 0.2) is 82.8 Å². The minimum atomic E-state index is -4.45. The third-order valence-corrected chi connectivity index (χ3v) is 15.7. The molecule has 3 aromatic carbocycles. The number of rotatable bonds is 20. The fourth-order valence-corrected chi connectivity index (χ4v) is 10.8. The summed E-state index contributed by atoms with van der Waals surface area (Å²) in [4.78, 5) is 39.8. The number of halogens is 3. The summed E-state index contributed by atoms with van der Waals surface area (Å²) in [6.45, 7) is 13.2. The van der Waals surface area contributed by atoms with E-state index in [9.17, 15) is 31.2 Å². The molecule has 23 heteroatoms. The van der Waals surface area contributed by atoms with Gasteiger partial charge in [0.1, 0.15) is 12.1 Å². The number of anilines is 3. The van der Waals surface area contributed by atoms with Crippen molar-refractivity contribution in [3.05, 3.63) is 89.6 Å². The van der Waals surface area contributed by atoms with Gasteiger partial charge in [-0.15, -0.1) is 5.10 Å². The predicted molar refractivity (Wildman–Crippen MR) is 307 cm³/mol. The van der Waals surface area contributed by atoms with Gasteiger partial charge in [-0.2, -0.15) is 13.2 Å². The molecule has 3 aromatic heterocycles. The number of nitrogens with one attached hydrogen (secondary N) is 5. The third-order valence-electron chi connectivity index (χ3n) is 13.5. The van der Waals surface area contributed by atoms with Crippen LogP contribution in [0.25, 0.3) is 22.1 Å². The molecule has 6 aromatic rings. The number of piperidine rings is 2. The molecular weight excluding hydrogens is 1070 g/mol. The molecule has 0 bridgehead atoms. The first kappa shape index (κ1) is 59.1. The van der Waals surface area contributed by atoms with Gasteiger partial charge in [-0.3, -0.25) is 4.79 Å². The Morgan fingerprint density at radius 1 is 0.838 bits per heavy atom. The summed E-state index contributed by atoms with van der Waals surface area (Å²) in [5.74, 6) is 13.5. The van der Waals surface area contributed by atoms with Gasteiger partial charge in [0.2, 0.25) is 5.91 Å². The largest absolute Gasteiger partial charge is 0.444 e. The maximum atomic E-state index is 13.9. The predicted octanol–water partition coefficient (Wildman–Crippen LogP) is 7.85. The lowest BCUT2D eigenvalue weighted by molar-refractivity contribution is -0.140. The Morgan fingerprint density at radius 2 is 1.54 bits per heavy atom. The molecule has 5 heterocycles. The first-order chi connectivity index (χ1) is 38.3. The van der Waals surface area contributed by atoms with E-state index < -0.39 is 34.3 Å². The first-order valence-electron chi connectivity index (χ1n) is 27.0. The van der Waals surface area contributed by atoms with Crippen LogP contribution in [0.5, 0.6) is 0 Å². The maximum absolute atomic E-state index is 13.9. The quantitative estimate of drug-likeness (QED) is 0.0214. The zero-order valence-electron chi connectivity index (χ0n) is 45.9. The van der Waals surface area contributed by atoms with Crippen LogP contribution in [0.4, 0.5) is 35.2 Å². The van der Waals surface area contributed by atoms with Gasteiger partial charge in [0.05, 0.1) is 35.7 Å². The number of carbonyl (C=O) groups excluding carboxylic acids is 2. The smallest absolute Gasteiger partial charge is 0.407 e. The number of carbonyl (C=O) groups is 2. The van der Waals surface area contributed by atoms with Crippen molar-refractivity contribution in [1.82, 2.24) is 50.0 Å². The number of likely N-dealkylation sites (tertiary alicyclic amines) is 2. The minimum Gasteiger partial charge on any atom is -0.444 e. The molecule has 426 valence electrons. The summed E-state index contributed by atoms with van der Waals surface area (Å²) in [5.41, 5.74) is 4.47. The van der Waals surface area contributed by atoms with E-state index in [4.69, 9.17) is 9.72 Å². The maximum Gasteiger partial charge on any atom is 0.407 e. The number of amides is 2. The summed E-state index contributed by atoms with van der Waals surface area (Å²) in [5, 5.41) is 25.8. The number of benzene rings is 3. The molecule has 2 amide bonds. The van der Waals surface area contributed by atoms with E-state index in [-0.39, 0.29) is 41.5 Å². The Balaban J connectivity index is 0.745. The molecule has 0 aliphatic carbocycles. The number of hydrogen-bond donors (Lipinski definition) is 5. The molecule has 5 N–H and O–H groups in total. The summed E-state index contributed by atoms with van der Waals surface area (Å²) >= 11 is 1.56. The molecule has 8 rings (SSSR count). The number of hydrogen-bond acceptors (Lipinski definition) is 15. The van der Waals surface area contributed by atoms with Crippen LogP contribution in [0.2, 0.25) is 0 Å². The lowest BCUT2D eigenvalue weighted by Crippen LogP contribution is -2.45. The summed E-state index contributed by atoms with van der Waals surface area (Å²) in [6.07, 6.45) is 0.495. The molecule has 0 unspecified atom stereocenters. The Morgan fingerprint density at radius 3 is 2.21 bits per heavy atom. The Hall–Kier alpha value is -7.05. The highest BCUT2D eigenvalue weighted by Gasteiger charge is 2.31. The molecule has 2 fully saturated rings. The van der Waals surface area contributed by atoms with Crippen molar-refractivity contribution in [1.29, 1.82) is 0 Å². The molecule has 18 nitrogen and oxygen atoms in total. The molecule has 0 saturated carbocycles. The van der Waals surface area contributed by atoms with E-state index in [2.05, 4.69) is 82.3 Å². The molecule has 0 radical (unpaired) electrons. The van der Waals surface area contributed by atoms with Gasteiger partial charge in [-0.1, -0.05) is 59.9 Å². The van der Waals surface area contributed by atoms with Crippen LogP contribution in [0.1, 0.15) is 76.6 Å². The average molecular weight is 1140 g/mol. The number of thioether (sulfide) groups is 1. The van der Waals surface area contributed by atoms with Gasteiger partial charge in [0.15, 0.2) is 32.0 Å². The second kappa shape index (κ2) is 26.9. The fourth-order valence-electron chi connectivity index (χ4n) is 9.46. The lowest BCUT2D eigenvalue weighted by Gasteiger charge is -2.36. The van der Waals surface area contributed by atoms with Crippen LogP contribution < -0.4 is 26.6 Å². The topological polar surface area (TPSA) is 206 Å². The van der Waals surface area contributed by atoms with Crippen LogP contribution in [0, 0.1) is 29.6 Å². The van der Waals surface area contributed by atoms with E-state index in [1.165, 1.54) is 16.7 Å². The highest BCUT2D eigenvalue weighted by Crippen LogP contribution is 2.32. The third kappa shape index (κ3) is 17.2. The minimum absolute atomic E-state index is 0.0297. The number of aromatic nitrogens is 6. The number of sulfone groups is 1. The summed E-state index contributed by atoms with van der Waals surface area (Å²) in [7, 11) is -3.34. The Labute approximate surface area is 470 Å². The molecule has 80 heavy (non-hydrogen) atoms. The highest BCUT2D eigenvalue weighted by atomic mass is 32.2. The molecule has 2 aliphatic heterocycles. The van der Waals surface area contributed by atoms with Gasteiger partial charge in [0, 0.05) is 85.6 Å². The standard InChI is InChI=1S/C57H70F3N13O5S2/c1-6-36-79-54-66-51(62-28-29-64-55(75)78-56(2,3)4)50-52(67-54)73(69-68-50)38-41-16-14-40(15-17-41)10-8-27-63-53(74)42-22-30-70(31-23-42)34-35-71-32-24-44(25-33-71)65-48-12-7-13-49-47(48)37-45(72(49)39-57(58,59)60)11-9-26-61-43-18-20-46(21-19-43)80(5,76)77/h7,12-21,37,42,44,61,65H,6,22-36,38-39H2,1-5H3,(H,63,74)(H,64,75)(H,62,66,67). The summed E-state index contributed by atoms with van der Waals surface area (Å²) < 4.78 is 73.4. The molecule has 2 aliphatic rings. The van der Waals surface area contributed by atoms with E-state index >= 15 is 0 Å². The van der Waals surface area contributed by atoms with Crippen LogP contribution >= 0.6 is 11.8 Å². The summed E-state index contributed by atoms with van der Waals surface area (Å²) in [6, 6.07) is 21.3. The van der Waals surface area contributed by atoms with Gasteiger partial charge in [-0.05, 0) is 132 Å². The van der Waals surface area contributed by atoms with Crippen molar-refractivity contribution in [2.24, 2.45) is 5.92 Å². The van der Waals surface area contributed by atoms with Crippen molar-refractivity contribution in [2.75, 3.05) is 93.4 Å². The van der Waals surface area contributed by atoms with Crippen molar-refractivity contribution < 1.29 is 35.9 Å².